The summed E-state index contributed by atoms with van der Waals surface area (Å²) in [6.07, 6.45) is 7.75. The van der Waals surface area contributed by atoms with Crippen molar-refractivity contribution in [1.29, 1.82) is 0 Å². The lowest BCUT2D eigenvalue weighted by Crippen LogP contribution is -2.45. The van der Waals surface area contributed by atoms with Gasteiger partial charge in [-0.05, 0) is 69.0 Å². The van der Waals surface area contributed by atoms with Gasteiger partial charge in [-0.2, -0.15) is 0 Å². The summed E-state index contributed by atoms with van der Waals surface area (Å²) in [6, 6.07) is 7.60. The molecule has 0 amide bonds. The summed E-state index contributed by atoms with van der Waals surface area (Å²) < 4.78 is 1.26. The number of aromatic nitrogens is 3. The van der Waals surface area contributed by atoms with Gasteiger partial charge in [0.15, 0.2) is 0 Å². The first-order valence-electron chi connectivity index (χ1n) is 12.7. The lowest BCUT2D eigenvalue weighted by atomic mass is 9.73. The molecule has 11 heteroatoms. The van der Waals surface area contributed by atoms with Gasteiger partial charge in [0.25, 0.3) is 5.56 Å². The van der Waals surface area contributed by atoms with Crippen molar-refractivity contribution >= 4 is 52.6 Å². The Morgan fingerprint density at radius 2 is 2.05 bits per heavy atom. The highest BCUT2D eigenvalue weighted by atomic mass is 35.5. The molecular weight excluding hydrogens is 534 g/mol. The number of nitrogens with two attached hydrogens (primary N) is 1. The molecule has 0 saturated carbocycles. The molecule has 202 valence electrons. The number of rotatable bonds is 6. The van der Waals surface area contributed by atoms with Gasteiger partial charge in [-0.25, -0.2) is 9.98 Å². The minimum Gasteiger partial charge on any atom is -0.360 e. The van der Waals surface area contributed by atoms with E-state index in [-0.39, 0.29) is 39.8 Å². The number of thioether (sulfide) groups is 1. The number of benzene rings is 1. The molecule has 3 heterocycles. The largest absolute Gasteiger partial charge is 0.360 e. The monoisotopic (exact) mass is 563 g/mol. The van der Waals surface area contributed by atoms with Crippen molar-refractivity contribution in [1.82, 2.24) is 19.4 Å². The number of hydrogen-bond donors (Lipinski definition) is 1. The van der Waals surface area contributed by atoms with Crippen LogP contribution in [-0.4, -0.2) is 50.9 Å². The van der Waals surface area contributed by atoms with Crippen molar-refractivity contribution in [2.24, 2.45) is 21.1 Å². The van der Waals surface area contributed by atoms with Crippen LogP contribution in [0.15, 0.2) is 67.7 Å². The number of carbonyl (C=O) groups excluding carboxylic acids is 1. The van der Waals surface area contributed by atoms with Gasteiger partial charge in [-0.15, -0.1) is 0 Å². The molecule has 0 bridgehead atoms. The van der Waals surface area contributed by atoms with Crippen molar-refractivity contribution in [2.75, 3.05) is 13.1 Å². The molecule has 1 aliphatic heterocycles. The van der Waals surface area contributed by atoms with E-state index in [2.05, 4.69) is 37.6 Å². The van der Waals surface area contributed by atoms with Crippen LogP contribution in [0.2, 0.25) is 5.02 Å². The summed E-state index contributed by atoms with van der Waals surface area (Å²) >= 11 is 7.90. The highest BCUT2D eigenvalue weighted by Gasteiger charge is 2.46. The van der Waals surface area contributed by atoms with Crippen LogP contribution >= 0.6 is 23.4 Å². The SMILES string of the molecule is C=N/C(=C\N=C(/C)N1CCC2(CC1)Cc1ncccc1[C@H]2N)Sc1ccc2ncn(CC(C)=O)c(=O)c2c1Cl. The Morgan fingerprint density at radius 3 is 2.74 bits per heavy atom. The van der Waals surface area contributed by atoms with Crippen molar-refractivity contribution in [3.05, 3.63) is 74.7 Å². The Kier molecular flexibility index (Phi) is 7.70. The van der Waals surface area contributed by atoms with Crippen LogP contribution in [-0.2, 0) is 17.8 Å². The molecule has 1 atom stereocenters. The summed E-state index contributed by atoms with van der Waals surface area (Å²) in [5, 5.41) is 1.06. The summed E-state index contributed by atoms with van der Waals surface area (Å²) in [6.45, 7) is 8.75. The van der Waals surface area contributed by atoms with Gasteiger partial charge in [0, 0.05) is 35.9 Å². The number of nitrogens with zero attached hydrogens (tertiary/aromatic N) is 6. The van der Waals surface area contributed by atoms with Gasteiger partial charge >= 0.3 is 0 Å². The summed E-state index contributed by atoms with van der Waals surface area (Å²) in [5.41, 5.74) is 9.14. The van der Waals surface area contributed by atoms with E-state index in [1.807, 2.05) is 19.2 Å². The molecule has 2 aliphatic rings. The quantitative estimate of drug-likeness (QED) is 0.268. The fraction of sp³-hybridized carbons (Fsp3) is 0.357. The first-order valence-corrected chi connectivity index (χ1v) is 13.9. The molecule has 1 fully saturated rings. The Balaban J connectivity index is 1.30. The molecule has 1 aromatic carbocycles. The van der Waals surface area contributed by atoms with Gasteiger partial charge < -0.3 is 10.6 Å². The highest BCUT2D eigenvalue weighted by molar-refractivity contribution is 8.03. The van der Waals surface area contributed by atoms with Crippen LogP contribution in [0, 0.1) is 5.41 Å². The summed E-state index contributed by atoms with van der Waals surface area (Å²) in [4.78, 5) is 45.0. The number of pyridine rings is 1. The normalized spacial score (nSPS) is 19.0. The van der Waals surface area contributed by atoms with E-state index in [1.54, 1.807) is 18.3 Å². The zero-order valence-corrected chi connectivity index (χ0v) is 23.5. The highest BCUT2D eigenvalue weighted by Crippen LogP contribution is 2.50. The Morgan fingerprint density at radius 1 is 1.28 bits per heavy atom. The number of carbonyl (C=O) groups is 1. The van der Waals surface area contributed by atoms with Gasteiger partial charge in [0.1, 0.15) is 16.6 Å². The number of fused-ring (bicyclic) bond motifs is 2. The number of hydrogen-bond acceptors (Lipinski definition) is 8. The third-order valence-corrected chi connectivity index (χ3v) is 9.19. The van der Waals surface area contributed by atoms with E-state index in [0.29, 0.717) is 15.4 Å². The first kappa shape index (κ1) is 27.2. The average molecular weight is 564 g/mol. The first-order chi connectivity index (χ1) is 18.7. The van der Waals surface area contributed by atoms with Crippen LogP contribution in [0.4, 0.5) is 0 Å². The molecule has 0 unspecified atom stereocenters. The molecule has 9 nitrogen and oxygen atoms in total. The van der Waals surface area contributed by atoms with Crippen LogP contribution in [0.25, 0.3) is 10.9 Å². The lowest BCUT2D eigenvalue weighted by molar-refractivity contribution is -0.117. The summed E-state index contributed by atoms with van der Waals surface area (Å²) in [5.74, 6) is 0.737. The van der Waals surface area contributed by atoms with E-state index < -0.39 is 0 Å². The minimum atomic E-state index is -0.364. The van der Waals surface area contributed by atoms with Crippen molar-refractivity contribution in [2.45, 2.75) is 50.6 Å². The van der Waals surface area contributed by atoms with Crippen molar-refractivity contribution < 1.29 is 4.79 Å². The van der Waals surface area contributed by atoms with Crippen molar-refractivity contribution in [3.63, 3.8) is 0 Å². The summed E-state index contributed by atoms with van der Waals surface area (Å²) in [7, 11) is 0. The van der Waals surface area contributed by atoms with Gasteiger partial charge in [-0.3, -0.25) is 24.1 Å². The number of piperidine rings is 1. The molecule has 39 heavy (non-hydrogen) atoms. The Bertz CT molecular complexity index is 1570. The standard InChI is InChI=1S/C28H30ClN7O2S/c1-17(37)15-36-16-34-20-6-7-22(25(29)24(20)27(36)38)39-23(31-3)14-33-18(2)35-11-8-28(9-12-35)13-21-19(26(28)30)5-4-10-32-21/h4-7,10,14,16,26H,3,8-9,11-13,15,30H2,1-2H3/b23-14+,33-18+/t26-/m1/s1. The molecule has 1 saturated heterocycles. The maximum Gasteiger partial charge on any atom is 0.263 e. The molecule has 3 aromatic rings. The second-order valence-corrected chi connectivity index (χ2v) is 11.5. The number of likely N-dealkylation sites (tertiary alicyclic amines) is 1. The number of ketones is 1. The molecule has 2 aromatic heterocycles. The van der Waals surface area contributed by atoms with E-state index in [4.69, 9.17) is 17.3 Å². The zero-order valence-electron chi connectivity index (χ0n) is 21.9. The third kappa shape index (κ3) is 5.28. The second-order valence-electron chi connectivity index (χ2n) is 10.1. The van der Waals surface area contributed by atoms with Crippen LogP contribution < -0.4 is 11.3 Å². The Labute approximate surface area is 235 Å². The molecule has 5 rings (SSSR count). The predicted molar refractivity (Wildman–Crippen MR) is 156 cm³/mol. The third-order valence-electron chi connectivity index (χ3n) is 7.68. The molecule has 2 N–H and O–H groups in total. The van der Waals surface area contributed by atoms with Gasteiger partial charge in [0.05, 0.1) is 35.0 Å². The number of Topliss-reactive ketones (excluding diaryl/α,β-unsaturated/α-hetero) is 1. The van der Waals surface area contributed by atoms with Crippen LogP contribution in [0.5, 0.6) is 0 Å². The van der Waals surface area contributed by atoms with E-state index >= 15 is 0 Å². The smallest absolute Gasteiger partial charge is 0.263 e. The minimum absolute atomic E-state index is 0.0157. The number of halogens is 1. The van der Waals surface area contributed by atoms with E-state index in [1.165, 1.54) is 35.1 Å². The van der Waals surface area contributed by atoms with Crippen LogP contribution in [0.3, 0.4) is 0 Å². The van der Waals surface area contributed by atoms with Gasteiger partial charge in [0.2, 0.25) is 0 Å². The number of amidine groups is 1. The predicted octanol–water partition coefficient (Wildman–Crippen LogP) is 4.38. The topological polar surface area (TPSA) is 119 Å². The molecular formula is C28H30ClN7O2S. The molecule has 1 aliphatic carbocycles. The second kappa shape index (κ2) is 11.0. The van der Waals surface area contributed by atoms with E-state index in [0.717, 1.165) is 43.9 Å². The molecule has 1 spiro atoms. The maximum atomic E-state index is 12.9. The van der Waals surface area contributed by atoms with E-state index in [9.17, 15) is 9.59 Å². The molecule has 0 radical (unpaired) electrons. The average Bonchev–Trinajstić information content (AvgIpc) is 3.20. The van der Waals surface area contributed by atoms with Crippen LogP contribution in [0.1, 0.15) is 44.0 Å². The lowest BCUT2D eigenvalue weighted by Gasteiger charge is -2.42. The Hall–Kier alpha value is -3.34. The fourth-order valence-electron chi connectivity index (χ4n) is 5.48. The maximum absolute atomic E-state index is 12.9. The van der Waals surface area contributed by atoms with Gasteiger partial charge in [-0.1, -0.05) is 29.4 Å². The van der Waals surface area contributed by atoms with Crippen molar-refractivity contribution in [3.8, 4) is 0 Å². The number of aliphatic imine (C=N–C) groups is 2. The zero-order chi connectivity index (χ0) is 27.7. The fourth-order valence-corrected chi connectivity index (χ4v) is 6.56.